The van der Waals surface area contributed by atoms with Crippen LogP contribution in [0.2, 0.25) is 0 Å². The van der Waals surface area contributed by atoms with Gasteiger partial charge in [-0.15, -0.1) is 0 Å². The van der Waals surface area contributed by atoms with Crippen LogP contribution < -0.4 is 0 Å². The Hall–Kier alpha value is -1.33. The molecule has 0 aromatic heterocycles. The fourth-order valence-corrected chi connectivity index (χ4v) is 0.942. The van der Waals surface area contributed by atoms with Crippen molar-refractivity contribution in [3.63, 3.8) is 0 Å². The van der Waals surface area contributed by atoms with Crippen LogP contribution in [0.5, 0.6) is 0 Å². The third-order valence-electron chi connectivity index (χ3n) is 1.63. The average molecular weight is 192 g/mol. The summed E-state index contributed by atoms with van der Waals surface area (Å²) in [5, 5.41) is 9.33. The van der Waals surface area contributed by atoms with E-state index in [4.69, 9.17) is 0 Å². The lowest BCUT2D eigenvalue weighted by atomic mass is 10.1. The Bertz CT molecular complexity index is 391. The van der Waals surface area contributed by atoms with Crippen molar-refractivity contribution >= 4 is 0 Å². The summed E-state index contributed by atoms with van der Waals surface area (Å²) in [5.74, 6) is 4.82. The molecule has 1 nitrogen and oxygen atoms in total. The molecule has 14 heavy (non-hydrogen) atoms. The Kier molecular flexibility index (Phi) is 2.93. The van der Waals surface area contributed by atoms with Crippen LogP contribution in [-0.4, -0.2) is 10.7 Å². The highest BCUT2D eigenvalue weighted by molar-refractivity contribution is 5.38. The number of halogens is 1. The van der Waals surface area contributed by atoms with E-state index in [1.807, 2.05) is 6.92 Å². The number of benzene rings is 1. The predicted molar refractivity (Wildman–Crippen MR) is 54.3 cm³/mol. The largest absolute Gasteiger partial charge is 0.378 e. The maximum absolute atomic E-state index is 13.2. The molecule has 1 rings (SSSR count). The molecule has 0 aliphatic rings. The van der Waals surface area contributed by atoms with E-state index < -0.39 is 5.60 Å². The standard InChI is InChI=1S/C12H13FO/c1-9-4-5-10(11(13)8-9)6-7-12(2,3)14/h4-5,8,14H,1-3H3. The van der Waals surface area contributed by atoms with Crippen molar-refractivity contribution in [1.82, 2.24) is 0 Å². The maximum atomic E-state index is 13.2. The summed E-state index contributed by atoms with van der Waals surface area (Å²) in [6.45, 7) is 4.94. The van der Waals surface area contributed by atoms with Crippen LogP contribution in [0, 0.1) is 24.6 Å². The van der Waals surface area contributed by atoms with Crippen molar-refractivity contribution in [3.8, 4) is 11.8 Å². The molecule has 2 heteroatoms. The van der Waals surface area contributed by atoms with Gasteiger partial charge >= 0.3 is 0 Å². The minimum absolute atomic E-state index is 0.317. The average Bonchev–Trinajstić information content (AvgIpc) is 2.00. The molecular formula is C12H13FO. The lowest BCUT2D eigenvalue weighted by Crippen LogP contribution is -2.14. The van der Waals surface area contributed by atoms with Gasteiger partial charge in [-0.05, 0) is 38.5 Å². The molecule has 0 aliphatic carbocycles. The second kappa shape index (κ2) is 3.81. The van der Waals surface area contributed by atoms with Gasteiger partial charge in [0.1, 0.15) is 11.4 Å². The first-order valence-electron chi connectivity index (χ1n) is 4.40. The van der Waals surface area contributed by atoms with E-state index in [1.165, 1.54) is 6.07 Å². The molecule has 0 fully saturated rings. The van der Waals surface area contributed by atoms with Gasteiger partial charge in [0.05, 0.1) is 5.56 Å². The second-order valence-corrected chi connectivity index (χ2v) is 3.79. The molecule has 0 amide bonds. The summed E-state index contributed by atoms with van der Waals surface area (Å²) in [6, 6.07) is 4.83. The Morgan fingerprint density at radius 2 is 2.00 bits per heavy atom. The third-order valence-corrected chi connectivity index (χ3v) is 1.63. The molecule has 1 aromatic carbocycles. The minimum atomic E-state index is -1.09. The summed E-state index contributed by atoms with van der Waals surface area (Å²) in [7, 11) is 0. The van der Waals surface area contributed by atoms with Gasteiger partial charge in [-0.25, -0.2) is 4.39 Å². The molecule has 74 valence electrons. The topological polar surface area (TPSA) is 20.2 Å². The molecule has 1 N–H and O–H groups in total. The number of rotatable bonds is 0. The zero-order valence-corrected chi connectivity index (χ0v) is 8.56. The van der Waals surface area contributed by atoms with Gasteiger partial charge in [-0.2, -0.15) is 0 Å². The first-order chi connectivity index (χ1) is 6.38. The van der Waals surface area contributed by atoms with Crippen LogP contribution in [0.1, 0.15) is 25.0 Å². The van der Waals surface area contributed by atoms with E-state index in [9.17, 15) is 9.50 Å². The van der Waals surface area contributed by atoms with Crippen LogP contribution >= 0.6 is 0 Å². The molecule has 0 spiro atoms. The number of aliphatic hydroxyl groups is 1. The van der Waals surface area contributed by atoms with Gasteiger partial charge in [-0.3, -0.25) is 0 Å². The molecule has 0 saturated carbocycles. The third kappa shape index (κ3) is 3.20. The Morgan fingerprint density at radius 3 is 2.50 bits per heavy atom. The summed E-state index contributed by atoms with van der Waals surface area (Å²) >= 11 is 0. The van der Waals surface area contributed by atoms with Crippen molar-refractivity contribution in [2.45, 2.75) is 26.4 Å². The Morgan fingerprint density at radius 1 is 1.36 bits per heavy atom. The first kappa shape index (κ1) is 10.7. The van der Waals surface area contributed by atoms with Crippen molar-refractivity contribution in [1.29, 1.82) is 0 Å². The summed E-state index contributed by atoms with van der Waals surface area (Å²) < 4.78 is 13.2. The molecule has 0 atom stereocenters. The van der Waals surface area contributed by atoms with Gasteiger partial charge in [0.25, 0.3) is 0 Å². The van der Waals surface area contributed by atoms with E-state index in [-0.39, 0.29) is 5.82 Å². The zero-order valence-electron chi connectivity index (χ0n) is 8.56. The molecule has 0 heterocycles. The van der Waals surface area contributed by atoms with Crippen LogP contribution in [0.15, 0.2) is 18.2 Å². The summed E-state index contributed by atoms with van der Waals surface area (Å²) in [6.07, 6.45) is 0. The molecular weight excluding hydrogens is 179 g/mol. The minimum Gasteiger partial charge on any atom is -0.378 e. The van der Waals surface area contributed by atoms with Gasteiger partial charge in [0.2, 0.25) is 0 Å². The monoisotopic (exact) mass is 192 g/mol. The molecule has 1 aromatic rings. The van der Waals surface area contributed by atoms with E-state index >= 15 is 0 Å². The highest BCUT2D eigenvalue weighted by Crippen LogP contribution is 2.09. The normalized spacial score (nSPS) is 10.6. The van der Waals surface area contributed by atoms with Gasteiger partial charge in [-0.1, -0.05) is 17.9 Å². The highest BCUT2D eigenvalue weighted by Gasteiger charge is 2.06. The van der Waals surface area contributed by atoms with Crippen molar-refractivity contribution in [2.75, 3.05) is 0 Å². The molecule has 0 bridgehead atoms. The Labute approximate surface area is 83.6 Å². The molecule has 0 saturated heterocycles. The first-order valence-corrected chi connectivity index (χ1v) is 4.40. The lowest BCUT2D eigenvalue weighted by molar-refractivity contribution is 0.143. The fourth-order valence-electron chi connectivity index (χ4n) is 0.942. The second-order valence-electron chi connectivity index (χ2n) is 3.79. The maximum Gasteiger partial charge on any atom is 0.139 e. The Balaban J connectivity index is 3.02. The van der Waals surface area contributed by atoms with Crippen LogP contribution in [0.25, 0.3) is 0 Å². The van der Waals surface area contributed by atoms with Crippen LogP contribution in [0.4, 0.5) is 4.39 Å². The SMILES string of the molecule is Cc1ccc(C#CC(C)(C)O)c(F)c1. The van der Waals surface area contributed by atoms with Crippen molar-refractivity contribution < 1.29 is 9.50 Å². The summed E-state index contributed by atoms with van der Waals surface area (Å²) in [5.41, 5.74) is 0.0890. The number of hydrogen-bond donors (Lipinski definition) is 1. The lowest BCUT2D eigenvalue weighted by Gasteiger charge is -2.06. The summed E-state index contributed by atoms with van der Waals surface area (Å²) in [4.78, 5) is 0. The smallest absolute Gasteiger partial charge is 0.139 e. The zero-order chi connectivity index (χ0) is 10.8. The van der Waals surface area contributed by atoms with Gasteiger partial charge < -0.3 is 5.11 Å². The van der Waals surface area contributed by atoms with Crippen molar-refractivity contribution in [3.05, 3.63) is 35.1 Å². The van der Waals surface area contributed by atoms with E-state index in [2.05, 4.69) is 11.8 Å². The molecule has 0 radical (unpaired) electrons. The van der Waals surface area contributed by atoms with E-state index in [1.54, 1.807) is 26.0 Å². The van der Waals surface area contributed by atoms with Gasteiger partial charge in [0.15, 0.2) is 0 Å². The van der Waals surface area contributed by atoms with E-state index in [0.29, 0.717) is 5.56 Å². The van der Waals surface area contributed by atoms with E-state index in [0.717, 1.165) is 5.56 Å². The molecule has 0 unspecified atom stereocenters. The number of aryl methyl sites for hydroxylation is 1. The highest BCUT2D eigenvalue weighted by atomic mass is 19.1. The van der Waals surface area contributed by atoms with Crippen LogP contribution in [0.3, 0.4) is 0 Å². The quantitative estimate of drug-likeness (QED) is 0.625. The predicted octanol–water partition coefficient (Wildman–Crippen LogP) is 2.26. The van der Waals surface area contributed by atoms with Crippen LogP contribution in [-0.2, 0) is 0 Å². The van der Waals surface area contributed by atoms with Crippen molar-refractivity contribution in [2.24, 2.45) is 0 Å². The fraction of sp³-hybridized carbons (Fsp3) is 0.333. The van der Waals surface area contributed by atoms with Gasteiger partial charge in [0, 0.05) is 0 Å². The molecule has 0 aliphatic heterocycles. The number of hydrogen-bond acceptors (Lipinski definition) is 1.